The van der Waals surface area contributed by atoms with Gasteiger partial charge in [0.15, 0.2) is 5.78 Å². The van der Waals surface area contributed by atoms with Crippen LogP contribution >= 0.6 is 11.8 Å². The molecule has 2 amide bonds. The minimum Gasteiger partial charge on any atom is -0.325 e. The summed E-state index contributed by atoms with van der Waals surface area (Å²) in [6.07, 6.45) is 0. The second-order valence-electron chi connectivity index (χ2n) is 8.38. The largest absolute Gasteiger partial charge is 0.325 e. The average molecular weight is 495 g/mol. The molecule has 180 valence electrons. The van der Waals surface area contributed by atoms with Crippen molar-refractivity contribution in [2.45, 2.75) is 24.0 Å². The Hall–Kier alpha value is -4.16. The lowest BCUT2D eigenvalue weighted by Crippen LogP contribution is -2.19. The predicted octanol–water partition coefficient (Wildman–Crippen LogP) is 6.92. The van der Waals surface area contributed by atoms with Crippen molar-refractivity contribution >= 4 is 40.7 Å². The molecule has 6 heteroatoms. The van der Waals surface area contributed by atoms with Crippen molar-refractivity contribution in [1.29, 1.82) is 0 Å². The van der Waals surface area contributed by atoms with Crippen molar-refractivity contribution in [2.75, 3.05) is 10.6 Å². The van der Waals surface area contributed by atoms with Gasteiger partial charge in [-0.2, -0.15) is 0 Å². The first-order valence-electron chi connectivity index (χ1n) is 11.5. The quantitative estimate of drug-likeness (QED) is 0.206. The standard InChI is InChI=1S/C30H26N2O3S/c1-20-7-6-10-24(19-20)29(34)31-26-15-17-27(18-16-26)36-28(23-8-4-3-5-9-23)30(35)32-25-13-11-22(12-14-25)21(2)33/h3-19,28H,1-2H3,(H,31,34)(H,32,35). The Bertz CT molecular complexity index is 1370. The molecule has 0 aliphatic rings. The van der Waals surface area contributed by atoms with Crippen molar-refractivity contribution < 1.29 is 14.4 Å². The summed E-state index contributed by atoms with van der Waals surface area (Å²) in [6, 6.07) is 31.3. The van der Waals surface area contributed by atoms with Gasteiger partial charge in [-0.1, -0.05) is 48.0 Å². The minimum atomic E-state index is -0.494. The summed E-state index contributed by atoms with van der Waals surface area (Å²) in [5, 5.41) is 5.38. The topological polar surface area (TPSA) is 75.3 Å². The summed E-state index contributed by atoms with van der Waals surface area (Å²) in [5.41, 5.74) is 4.40. The van der Waals surface area contributed by atoms with E-state index in [2.05, 4.69) is 10.6 Å². The van der Waals surface area contributed by atoms with Crippen LogP contribution < -0.4 is 10.6 Å². The number of thioether (sulfide) groups is 1. The summed E-state index contributed by atoms with van der Waals surface area (Å²) in [4.78, 5) is 38.2. The van der Waals surface area contributed by atoms with Gasteiger partial charge in [0.25, 0.3) is 5.91 Å². The maximum absolute atomic E-state index is 13.3. The lowest BCUT2D eigenvalue weighted by molar-refractivity contribution is -0.115. The van der Waals surface area contributed by atoms with Gasteiger partial charge in [0.05, 0.1) is 0 Å². The van der Waals surface area contributed by atoms with E-state index in [9.17, 15) is 14.4 Å². The van der Waals surface area contributed by atoms with E-state index in [1.54, 1.807) is 30.3 Å². The number of hydrogen-bond acceptors (Lipinski definition) is 4. The van der Waals surface area contributed by atoms with Crippen molar-refractivity contribution in [3.63, 3.8) is 0 Å². The van der Waals surface area contributed by atoms with E-state index in [0.29, 0.717) is 22.5 Å². The van der Waals surface area contributed by atoms with Crippen molar-refractivity contribution in [2.24, 2.45) is 0 Å². The first-order valence-corrected chi connectivity index (χ1v) is 12.4. The fraction of sp³-hybridized carbons (Fsp3) is 0.100. The first-order chi connectivity index (χ1) is 17.4. The lowest BCUT2D eigenvalue weighted by atomic mass is 10.1. The van der Waals surface area contributed by atoms with Crippen molar-refractivity contribution in [1.82, 2.24) is 0 Å². The molecule has 4 rings (SSSR count). The number of aryl methyl sites for hydroxylation is 1. The number of hydrogen-bond donors (Lipinski definition) is 2. The monoisotopic (exact) mass is 494 g/mol. The number of ketones is 1. The molecule has 1 unspecified atom stereocenters. The molecule has 0 aromatic heterocycles. The van der Waals surface area contributed by atoms with Crippen LogP contribution in [0, 0.1) is 6.92 Å². The molecule has 0 fully saturated rings. The summed E-state index contributed by atoms with van der Waals surface area (Å²) in [7, 11) is 0. The van der Waals surface area contributed by atoms with Crippen LogP contribution in [0.1, 0.15) is 44.0 Å². The molecule has 36 heavy (non-hydrogen) atoms. The first kappa shape index (κ1) is 24.9. The number of anilines is 2. The van der Waals surface area contributed by atoms with Crippen LogP contribution in [0.15, 0.2) is 108 Å². The number of rotatable bonds is 8. The molecule has 0 saturated carbocycles. The maximum atomic E-state index is 13.3. The molecule has 0 spiro atoms. The highest BCUT2D eigenvalue weighted by molar-refractivity contribution is 8.00. The summed E-state index contributed by atoms with van der Waals surface area (Å²) in [6.45, 7) is 3.46. The van der Waals surface area contributed by atoms with Gasteiger partial charge in [-0.15, -0.1) is 11.8 Å². The van der Waals surface area contributed by atoms with E-state index >= 15 is 0 Å². The number of benzene rings is 4. The van der Waals surface area contributed by atoms with Gasteiger partial charge >= 0.3 is 0 Å². The van der Waals surface area contributed by atoms with E-state index in [0.717, 1.165) is 16.0 Å². The van der Waals surface area contributed by atoms with Crippen LogP contribution in [0.5, 0.6) is 0 Å². The van der Waals surface area contributed by atoms with Crippen LogP contribution in [-0.4, -0.2) is 17.6 Å². The molecule has 0 radical (unpaired) electrons. The highest BCUT2D eigenvalue weighted by Gasteiger charge is 2.22. The van der Waals surface area contributed by atoms with E-state index < -0.39 is 5.25 Å². The van der Waals surface area contributed by atoms with Gasteiger partial charge < -0.3 is 10.6 Å². The molecule has 0 bridgehead atoms. The Kier molecular flexibility index (Phi) is 7.98. The normalized spacial score (nSPS) is 11.4. The zero-order valence-corrected chi connectivity index (χ0v) is 20.8. The SMILES string of the molecule is CC(=O)c1ccc(NC(=O)C(Sc2ccc(NC(=O)c3cccc(C)c3)cc2)c2ccccc2)cc1. The van der Waals surface area contributed by atoms with Crippen molar-refractivity contribution in [3.8, 4) is 0 Å². The molecule has 0 aliphatic carbocycles. The van der Waals surface area contributed by atoms with Gasteiger partial charge in [0.2, 0.25) is 5.91 Å². The lowest BCUT2D eigenvalue weighted by Gasteiger charge is -2.17. The van der Waals surface area contributed by atoms with Gasteiger partial charge in [0, 0.05) is 27.4 Å². The maximum Gasteiger partial charge on any atom is 0.255 e. The molecule has 5 nitrogen and oxygen atoms in total. The Labute approximate surface area is 214 Å². The number of carbonyl (C=O) groups is 3. The molecule has 1 atom stereocenters. The van der Waals surface area contributed by atoms with Crippen LogP contribution in [-0.2, 0) is 4.79 Å². The third-order valence-corrected chi connectivity index (χ3v) is 6.81. The smallest absolute Gasteiger partial charge is 0.255 e. The third-order valence-electron chi connectivity index (χ3n) is 5.55. The molecule has 4 aromatic carbocycles. The van der Waals surface area contributed by atoms with E-state index in [-0.39, 0.29) is 17.6 Å². The molecule has 0 aliphatic heterocycles. The molecule has 0 heterocycles. The second kappa shape index (κ2) is 11.5. The third kappa shape index (κ3) is 6.49. The van der Waals surface area contributed by atoms with Gasteiger partial charge in [0.1, 0.15) is 5.25 Å². The molecule has 4 aromatic rings. The van der Waals surface area contributed by atoms with Gasteiger partial charge in [-0.3, -0.25) is 14.4 Å². The van der Waals surface area contributed by atoms with Crippen LogP contribution in [0.4, 0.5) is 11.4 Å². The number of nitrogens with one attached hydrogen (secondary N) is 2. The molecular weight excluding hydrogens is 468 g/mol. The van der Waals surface area contributed by atoms with E-state index in [1.165, 1.54) is 18.7 Å². The average Bonchev–Trinajstić information content (AvgIpc) is 2.89. The number of Topliss-reactive ketones (excluding diaryl/α,β-unsaturated/α-hetero) is 1. The highest BCUT2D eigenvalue weighted by atomic mass is 32.2. The Balaban J connectivity index is 1.48. The zero-order valence-electron chi connectivity index (χ0n) is 20.0. The molecular formula is C30H26N2O3S. The van der Waals surface area contributed by atoms with Crippen molar-refractivity contribution in [3.05, 3.63) is 125 Å². The number of carbonyl (C=O) groups excluding carboxylic acids is 3. The van der Waals surface area contributed by atoms with Crippen LogP contribution in [0.3, 0.4) is 0 Å². The fourth-order valence-corrected chi connectivity index (χ4v) is 4.66. The van der Waals surface area contributed by atoms with E-state index in [1.807, 2.05) is 79.7 Å². The summed E-state index contributed by atoms with van der Waals surface area (Å²) >= 11 is 1.42. The Morgan fingerprint density at radius 2 is 1.33 bits per heavy atom. The molecule has 0 saturated heterocycles. The summed E-state index contributed by atoms with van der Waals surface area (Å²) < 4.78 is 0. The van der Waals surface area contributed by atoms with Crippen LogP contribution in [0.2, 0.25) is 0 Å². The van der Waals surface area contributed by atoms with Crippen LogP contribution in [0.25, 0.3) is 0 Å². The Morgan fingerprint density at radius 1 is 0.694 bits per heavy atom. The zero-order chi connectivity index (χ0) is 25.5. The fourth-order valence-electron chi connectivity index (χ4n) is 3.64. The van der Waals surface area contributed by atoms with E-state index in [4.69, 9.17) is 0 Å². The predicted molar refractivity (Wildman–Crippen MR) is 146 cm³/mol. The summed E-state index contributed by atoms with van der Waals surface area (Å²) in [5.74, 6) is -0.362. The second-order valence-corrected chi connectivity index (χ2v) is 9.56. The molecule has 2 N–H and O–H groups in total. The van der Waals surface area contributed by atoms with Gasteiger partial charge in [-0.25, -0.2) is 0 Å². The Morgan fingerprint density at radius 3 is 1.97 bits per heavy atom. The highest BCUT2D eigenvalue weighted by Crippen LogP contribution is 2.36. The van der Waals surface area contributed by atoms with Gasteiger partial charge in [-0.05, 0) is 80.1 Å². The number of amides is 2. The minimum absolute atomic E-state index is 0.0240.